The van der Waals surface area contributed by atoms with Gasteiger partial charge >= 0.3 is 0 Å². The van der Waals surface area contributed by atoms with E-state index in [1.807, 2.05) is 6.20 Å². The molecule has 80 valence electrons. The summed E-state index contributed by atoms with van der Waals surface area (Å²) in [5.41, 5.74) is 0.246. The van der Waals surface area contributed by atoms with E-state index < -0.39 is 0 Å². The number of hydrogen-bond acceptors (Lipinski definition) is 3. The molecular formula is C10H20N4. The van der Waals surface area contributed by atoms with Crippen LogP contribution < -0.4 is 5.32 Å². The summed E-state index contributed by atoms with van der Waals surface area (Å²) in [5.74, 6) is 0.844. The standard InChI is InChI=1S/C10H20N4/c1-10(2,8-14(3)4)7-13-9-11-5-6-12-9/h5-6H,7-8H2,1-4H3,(H2,11,12,13). The zero-order valence-corrected chi connectivity index (χ0v) is 9.46. The Kier molecular flexibility index (Phi) is 3.52. The third-order valence-corrected chi connectivity index (χ3v) is 1.98. The second kappa shape index (κ2) is 4.46. The number of H-pyrrole nitrogens is 1. The Labute approximate surface area is 85.7 Å². The highest BCUT2D eigenvalue weighted by Crippen LogP contribution is 2.15. The van der Waals surface area contributed by atoms with Gasteiger partial charge in [0, 0.05) is 25.5 Å². The van der Waals surface area contributed by atoms with Crippen LogP contribution in [-0.2, 0) is 0 Å². The van der Waals surface area contributed by atoms with Gasteiger partial charge in [-0.05, 0) is 19.5 Å². The second-order valence-electron chi connectivity index (χ2n) is 4.69. The first-order valence-electron chi connectivity index (χ1n) is 4.88. The minimum atomic E-state index is 0.246. The average molecular weight is 196 g/mol. The van der Waals surface area contributed by atoms with Crippen molar-refractivity contribution in [3.63, 3.8) is 0 Å². The van der Waals surface area contributed by atoms with E-state index in [0.29, 0.717) is 0 Å². The SMILES string of the molecule is CN(C)CC(C)(C)CNc1ncc[nH]1. The lowest BCUT2D eigenvalue weighted by Gasteiger charge is -2.28. The summed E-state index contributed by atoms with van der Waals surface area (Å²) in [4.78, 5) is 9.34. The Morgan fingerprint density at radius 3 is 2.71 bits per heavy atom. The highest BCUT2D eigenvalue weighted by atomic mass is 15.1. The van der Waals surface area contributed by atoms with E-state index in [1.54, 1.807) is 6.20 Å². The molecule has 0 aliphatic rings. The predicted octanol–water partition coefficient (Wildman–Crippen LogP) is 1.41. The minimum absolute atomic E-state index is 0.246. The second-order valence-corrected chi connectivity index (χ2v) is 4.69. The van der Waals surface area contributed by atoms with Crippen molar-refractivity contribution in [3.05, 3.63) is 12.4 Å². The molecule has 0 amide bonds. The average Bonchev–Trinajstić information content (AvgIpc) is 2.50. The molecule has 0 spiro atoms. The van der Waals surface area contributed by atoms with Crippen LogP contribution in [0.4, 0.5) is 5.95 Å². The number of hydrogen-bond donors (Lipinski definition) is 2. The van der Waals surface area contributed by atoms with Gasteiger partial charge in [0.05, 0.1) is 0 Å². The van der Waals surface area contributed by atoms with Crippen molar-refractivity contribution in [3.8, 4) is 0 Å². The first-order chi connectivity index (χ1) is 6.49. The summed E-state index contributed by atoms with van der Waals surface area (Å²) in [6.45, 7) is 6.45. The van der Waals surface area contributed by atoms with Gasteiger partial charge in [0.15, 0.2) is 5.95 Å². The predicted molar refractivity (Wildman–Crippen MR) is 59.4 cm³/mol. The summed E-state index contributed by atoms with van der Waals surface area (Å²) in [5, 5.41) is 3.28. The molecule has 1 aromatic heterocycles. The first kappa shape index (κ1) is 11.0. The van der Waals surface area contributed by atoms with Crippen LogP contribution in [-0.4, -0.2) is 42.1 Å². The quantitative estimate of drug-likeness (QED) is 0.748. The number of aromatic amines is 1. The molecule has 0 aromatic carbocycles. The molecule has 0 saturated heterocycles. The molecule has 0 aliphatic carbocycles. The van der Waals surface area contributed by atoms with Crippen LogP contribution in [0.5, 0.6) is 0 Å². The summed E-state index contributed by atoms with van der Waals surface area (Å²) in [6, 6.07) is 0. The maximum absolute atomic E-state index is 4.12. The molecule has 0 saturated carbocycles. The number of aromatic nitrogens is 2. The molecule has 0 atom stereocenters. The van der Waals surface area contributed by atoms with Crippen molar-refractivity contribution in [2.45, 2.75) is 13.8 Å². The van der Waals surface area contributed by atoms with Gasteiger partial charge in [-0.2, -0.15) is 0 Å². The van der Waals surface area contributed by atoms with Crippen LogP contribution in [0.1, 0.15) is 13.8 Å². The molecule has 0 fully saturated rings. The lowest BCUT2D eigenvalue weighted by atomic mass is 9.93. The smallest absolute Gasteiger partial charge is 0.200 e. The Morgan fingerprint density at radius 1 is 1.50 bits per heavy atom. The highest BCUT2D eigenvalue weighted by Gasteiger charge is 2.18. The van der Waals surface area contributed by atoms with Gasteiger partial charge in [0.2, 0.25) is 0 Å². The Hall–Kier alpha value is -1.03. The van der Waals surface area contributed by atoms with Crippen molar-refractivity contribution < 1.29 is 0 Å². The molecule has 1 rings (SSSR count). The fraction of sp³-hybridized carbons (Fsp3) is 0.700. The van der Waals surface area contributed by atoms with Crippen molar-refractivity contribution in [1.29, 1.82) is 0 Å². The molecular weight excluding hydrogens is 176 g/mol. The van der Waals surface area contributed by atoms with E-state index in [9.17, 15) is 0 Å². The van der Waals surface area contributed by atoms with Crippen LogP contribution in [0.3, 0.4) is 0 Å². The van der Waals surface area contributed by atoms with Crippen molar-refractivity contribution in [1.82, 2.24) is 14.9 Å². The molecule has 1 heterocycles. The Balaban J connectivity index is 2.36. The number of rotatable bonds is 5. The minimum Gasteiger partial charge on any atom is -0.355 e. The first-order valence-corrected chi connectivity index (χ1v) is 4.88. The Bertz CT molecular complexity index is 251. The van der Waals surface area contributed by atoms with E-state index in [4.69, 9.17) is 0 Å². The third kappa shape index (κ3) is 3.79. The molecule has 0 bridgehead atoms. The van der Waals surface area contributed by atoms with Gasteiger partial charge in [0.1, 0.15) is 0 Å². The maximum atomic E-state index is 4.12. The number of anilines is 1. The zero-order chi connectivity index (χ0) is 10.6. The van der Waals surface area contributed by atoms with Gasteiger partial charge in [-0.15, -0.1) is 0 Å². The van der Waals surface area contributed by atoms with Gasteiger partial charge in [-0.25, -0.2) is 4.98 Å². The fourth-order valence-corrected chi connectivity index (χ4v) is 1.60. The lowest BCUT2D eigenvalue weighted by molar-refractivity contribution is 0.254. The fourth-order valence-electron chi connectivity index (χ4n) is 1.60. The van der Waals surface area contributed by atoms with Gasteiger partial charge in [0.25, 0.3) is 0 Å². The maximum Gasteiger partial charge on any atom is 0.200 e. The molecule has 0 aliphatic heterocycles. The molecule has 1 aromatic rings. The van der Waals surface area contributed by atoms with Crippen LogP contribution >= 0.6 is 0 Å². The summed E-state index contributed by atoms with van der Waals surface area (Å²) in [7, 11) is 4.18. The monoisotopic (exact) mass is 196 g/mol. The van der Waals surface area contributed by atoms with Crippen LogP contribution in [0.2, 0.25) is 0 Å². The topological polar surface area (TPSA) is 44.0 Å². The third-order valence-electron chi connectivity index (χ3n) is 1.98. The number of nitrogens with zero attached hydrogens (tertiary/aromatic N) is 2. The van der Waals surface area contributed by atoms with E-state index in [2.05, 4.69) is 48.1 Å². The lowest BCUT2D eigenvalue weighted by Crippen LogP contribution is -2.34. The number of imidazole rings is 1. The summed E-state index contributed by atoms with van der Waals surface area (Å²) in [6.07, 6.45) is 3.57. The largest absolute Gasteiger partial charge is 0.355 e. The summed E-state index contributed by atoms with van der Waals surface area (Å²) >= 11 is 0. The number of nitrogens with one attached hydrogen (secondary N) is 2. The molecule has 14 heavy (non-hydrogen) atoms. The molecule has 0 unspecified atom stereocenters. The molecule has 2 N–H and O–H groups in total. The normalized spacial score (nSPS) is 12.1. The zero-order valence-electron chi connectivity index (χ0n) is 9.46. The van der Waals surface area contributed by atoms with E-state index >= 15 is 0 Å². The van der Waals surface area contributed by atoms with Crippen LogP contribution in [0, 0.1) is 5.41 Å². The highest BCUT2D eigenvalue weighted by molar-refractivity contribution is 5.23. The molecule has 4 nitrogen and oxygen atoms in total. The molecule has 4 heteroatoms. The van der Waals surface area contributed by atoms with Crippen molar-refractivity contribution in [2.75, 3.05) is 32.5 Å². The summed E-state index contributed by atoms with van der Waals surface area (Å²) < 4.78 is 0. The van der Waals surface area contributed by atoms with E-state index in [0.717, 1.165) is 19.0 Å². The van der Waals surface area contributed by atoms with E-state index in [-0.39, 0.29) is 5.41 Å². The van der Waals surface area contributed by atoms with Crippen molar-refractivity contribution in [2.24, 2.45) is 5.41 Å². The van der Waals surface area contributed by atoms with Gasteiger partial charge in [-0.3, -0.25) is 0 Å². The van der Waals surface area contributed by atoms with Crippen LogP contribution in [0.25, 0.3) is 0 Å². The van der Waals surface area contributed by atoms with E-state index in [1.165, 1.54) is 0 Å². The van der Waals surface area contributed by atoms with Crippen molar-refractivity contribution >= 4 is 5.95 Å². The van der Waals surface area contributed by atoms with Crippen LogP contribution in [0.15, 0.2) is 12.4 Å². The van der Waals surface area contributed by atoms with Gasteiger partial charge < -0.3 is 15.2 Å². The Morgan fingerprint density at radius 2 is 2.21 bits per heavy atom. The molecule has 0 radical (unpaired) electrons. The van der Waals surface area contributed by atoms with Gasteiger partial charge in [-0.1, -0.05) is 13.8 Å².